The van der Waals surface area contributed by atoms with Gasteiger partial charge in [0, 0.05) is 18.7 Å². The topological polar surface area (TPSA) is 51.0 Å². The Bertz CT molecular complexity index is 776. The van der Waals surface area contributed by atoms with E-state index in [-0.39, 0.29) is 11.9 Å². The summed E-state index contributed by atoms with van der Waals surface area (Å²) in [6.07, 6.45) is 1.95. The van der Waals surface area contributed by atoms with Gasteiger partial charge in [0.1, 0.15) is 5.69 Å². The summed E-state index contributed by atoms with van der Waals surface area (Å²) in [4.78, 5) is 14.8. The second-order valence-electron chi connectivity index (χ2n) is 5.29. The third-order valence-electron chi connectivity index (χ3n) is 3.84. The Morgan fingerprint density at radius 3 is 2.68 bits per heavy atom. The minimum atomic E-state index is 0.106. The van der Waals surface area contributed by atoms with Crippen LogP contribution in [0, 0.1) is 0 Å². The average Bonchev–Trinajstić information content (AvgIpc) is 3.18. The molecule has 110 valence electrons. The fraction of sp³-hybridized carbons (Fsp3) is 0.188. The molecule has 0 unspecified atom stereocenters. The van der Waals surface area contributed by atoms with Gasteiger partial charge in [-0.2, -0.15) is 0 Å². The van der Waals surface area contributed by atoms with Gasteiger partial charge in [-0.1, -0.05) is 41.6 Å². The van der Waals surface area contributed by atoms with Crippen LogP contribution in [0.1, 0.15) is 15.7 Å². The van der Waals surface area contributed by atoms with E-state index in [2.05, 4.69) is 10.3 Å². The van der Waals surface area contributed by atoms with E-state index in [4.69, 9.17) is 0 Å². The maximum atomic E-state index is 12.2. The molecule has 1 aliphatic heterocycles. The second kappa shape index (κ2) is 5.38. The highest BCUT2D eigenvalue weighted by Crippen LogP contribution is 2.25. The Labute approximate surface area is 131 Å². The van der Waals surface area contributed by atoms with Crippen LogP contribution >= 0.6 is 11.3 Å². The minimum absolute atomic E-state index is 0.106. The first-order chi connectivity index (χ1) is 10.8. The first-order valence-electron chi connectivity index (χ1n) is 7.11. The molecule has 0 aliphatic carbocycles. The Morgan fingerprint density at radius 1 is 1.14 bits per heavy atom. The quantitative estimate of drug-likeness (QED) is 0.747. The average molecular weight is 310 g/mol. The number of hydrogen-bond donors (Lipinski definition) is 0. The number of thiophene rings is 1. The lowest BCUT2D eigenvalue weighted by Gasteiger charge is -2.38. The van der Waals surface area contributed by atoms with E-state index in [1.807, 2.05) is 63.6 Å². The number of aromatic nitrogens is 3. The van der Waals surface area contributed by atoms with Crippen molar-refractivity contribution >= 4 is 17.2 Å². The van der Waals surface area contributed by atoms with Crippen LogP contribution in [0.4, 0.5) is 0 Å². The number of hydrogen-bond acceptors (Lipinski definition) is 4. The van der Waals surface area contributed by atoms with E-state index < -0.39 is 0 Å². The van der Waals surface area contributed by atoms with Gasteiger partial charge < -0.3 is 4.90 Å². The summed E-state index contributed by atoms with van der Waals surface area (Å²) in [6, 6.07) is 14.0. The highest BCUT2D eigenvalue weighted by Gasteiger charge is 2.33. The number of benzene rings is 1. The van der Waals surface area contributed by atoms with Gasteiger partial charge in [0.2, 0.25) is 0 Å². The number of carbonyl (C=O) groups excluding carboxylic acids is 1. The minimum Gasteiger partial charge on any atom is -0.334 e. The molecule has 3 aromatic rings. The SMILES string of the molecule is O=C(c1cccs1)N1CC(n2cc(-c3ccccc3)nn2)C1. The molecule has 1 saturated heterocycles. The third kappa shape index (κ3) is 2.31. The molecule has 1 aliphatic rings. The summed E-state index contributed by atoms with van der Waals surface area (Å²) in [5, 5.41) is 10.3. The van der Waals surface area contributed by atoms with Crippen LogP contribution in [0.3, 0.4) is 0 Å². The highest BCUT2D eigenvalue weighted by atomic mass is 32.1. The number of rotatable bonds is 3. The molecule has 6 heteroatoms. The van der Waals surface area contributed by atoms with Crippen molar-refractivity contribution in [1.82, 2.24) is 19.9 Å². The van der Waals surface area contributed by atoms with Gasteiger partial charge >= 0.3 is 0 Å². The first-order valence-corrected chi connectivity index (χ1v) is 7.99. The Morgan fingerprint density at radius 2 is 1.95 bits per heavy atom. The Hall–Kier alpha value is -2.47. The van der Waals surface area contributed by atoms with Crippen LogP contribution in [0.15, 0.2) is 54.0 Å². The molecule has 5 nitrogen and oxygen atoms in total. The van der Waals surface area contributed by atoms with E-state index in [0.29, 0.717) is 13.1 Å². The number of carbonyl (C=O) groups is 1. The van der Waals surface area contributed by atoms with Crippen molar-refractivity contribution in [1.29, 1.82) is 0 Å². The second-order valence-corrected chi connectivity index (χ2v) is 6.24. The fourth-order valence-electron chi connectivity index (χ4n) is 2.54. The van der Waals surface area contributed by atoms with Gasteiger partial charge in [-0.3, -0.25) is 4.79 Å². The maximum Gasteiger partial charge on any atom is 0.264 e. The van der Waals surface area contributed by atoms with Crippen molar-refractivity contribution in [3.63, 3.8) is 0 Å². The first kappa shape index (κ1) is 13.2. The van der Waals surface area contributed by atoms with Crippen molar-refractivity contribution in [3.8, 4) is 11.3 Å². The molecule has 4 rings (SSSR count). The molecular formula is C16H14N4OS. The summed E-state index contributed by atoms with van der Waals surface area (Å²) in [5.41, 5.74) is 1.92. The van der Waals surface area contributed by atoms with E-state index >= 15 is 0 Å². The van der Waals surface area contributed by atoms with E-state index in [1.165, 1.54) is 11.3 Å². The zero-order chi connectivity index (χ0) is 14.9. The Kier molecular flexibility index (Phi) is 3.23. The highest BCUT2D eigenvalue weighted by molar-refractivity contribution is 7.12. The van der Waals surface area contributed by atoms with Crippen LogP contribution in [-0.4, -0.2) is 38.9 Å². The normalized spacial score (nSPS) is 14.8. The molecule has 1 aromatic carbocycles. The zero-order valence-electron chi connectivity index (χ0n) is 11.8. The summed E-state index contributed by atoms with van der Waals surface area (Å²) in [6.45, 7) is 1.38. The Balaban J connectivity index is 1.43. The molecule has 0 bridgehead atoms. The summed E-state index contributed by atoms with van der Waals surface area (Å²) in [5.74, 6) is 0.106. The monoisotopic (exact) mass is 310 g/mol. The predicted molar refractivity (Wildman–Crippen MR) is 84.7 cm³/mol. The van der Waals surface area contributed by atoms with Crippen LogP contribution < -0.4 is 0 Å². The van der Waals surface area contributed by atoms with Crippen molar-refractivity contribution in [2.75, 3.05) is 13.1 Å². The standard InChI is InChI=1S/C16H14N4OS/c21-16(15-7-4-8-22-15)19-9-13(10-19)20-11-14(17-18-20)12-5-2-1-3-6-12/h1-8,11,13H,9-10H2. The molecule has 0 atom stereocenters. The third-order valence-corrected chi connectivity index (χ3v) is 4.69. The van der Waals surface area contributed by atoms with Gasteiger partial charge in [-0.05, 0) is 11.4 Å². The van der Waals surface area contributed by atoms with Crippen LogP contribution in [0.5, 0.6) is 0 Å². The summed E-state index contributed by atoms with van der Waals surface area (Å²) in [7, 11) is 0. The molecule has 1 fully saturated rings. The van der Waals surface area contributed by atoms with Crippen molar-refractivity contribution in [2.24, 2.45) is 0 Å². The van der Waals surface area contributed by atoms with Crippen molar-refractivity contribution in [2.45, 2.75) is 6.04 Å². The molecular weight excluding hydrogens is 296 g/mol. The number of likely N-dealkylation sites (tertiary alicyclic amines) is 1. The zero-order valence-corrected chi connectivity index (χ0v) is 12.6. The van der Waals surface area contributed by atoms with Crippen LogP contribution in [0.2, 0.25) is 0 Å². The largest absolute Gasteiger partial charge is 0.334 e. The van der Waals surface area contributed by atoms with Gasteiger partial charge in [-0.15, -0.1) is 16.4 Å². The molecule has 0 N–H and O–H groups in total. The van der Waals surface area contributed by atoms with Crippen molar-refractivity contribution < 1.29 is 4.79 Å². The van der Waals surface area contributed by atoms with Crippen molar-refractivity contribution in [3.05, 3.63) is 58.9 Å². The van der Waals surface area contributed by atoms with Gasteiger partial charge in [-0.25, -0.2) is 4.68 Å². The molecule has 2 aromatic heterocycles. The predicted octanol–water partition coefficient (Wildman–Crippen LogP) is 2.70. The fourth-order valence-corrected chi connectivity index (χ4v) is 3.23. The number of nitrogens with zero attached hydrogens (tertiary/aromatic N) is 4. The molecule has 3 heterocycles. The molecule has 0 saturated carbocycles. The summed E-state index contributed by atoms with van der Waals surface area (Å²) < 4.78 is 1.86. The maximum absolute atomic E-state index is 12.2. The van der Waals surface area contributed by atoms with Gasteiger partial charge in [0.15, 0.2) is 0 Å². The van der Waals surface area contributed by atoms with E-state index in [1.54, 1.807) is 0 Å². The summed E-state index contributed by atoms with van der Waals surface area (Å²) >= 11 is 1.48. The lowest BCUT2D eigenvalue weighted by atomic mass is 10.1. The van der Waals surface area contributed by atoms with Gasteiger partial charge in [0.05, 0.1) is 17.1 Å². The van der Waals surface area contributed by atoms with E-state index in [0.717, 1.165) is 16.1 Å². The van der Waals surface area contributed by atoms with Crippen LogP contribution in [0.25, 0.3) is 11.3 Å². The smallest absolute Gasteiger partial charge is 0.264 e. The van der Waals surface area contributed by atoms with Gasteiger partial charge in [0.25, 0.3) is 5.91 Å². The lowest BCUT2D eigenvalue weighted by molar-refractivity contribution is 0.0503. The lowest BCUT2D eigenvalue weighted by Crippen LogP contribution is -2.50. The molecule has 1 amide bonds. The molecule has 0 radical (unpaired) electrons. The van der Waals surface area contributed by atoms with E-state index in [9.17, 15) is 4.79 Å². The molecule has 0 spiro atoms. The van der Waals surface area contributed by atoms with Crippen LogP contribution in [-0.2, 0) is 0 Å². The number of amides is 1. The molecule has 22 heavy (non-hydrogen) atoms.